The number of nitrogens with zero attached hydrogens (tertiary/aromatic N) is 4. The van der Waals surface area contributed by atoms with Gasteiger partial charge in [-0.05, 0) is 43.2 Å². The molecule has 4 rings (SSSR count). The summed E-state index contributed by atoms with van der Waals surface area (Å²) in [4.78, 5) is 21.9. The fraction of sp³-hybridized carbons (Fsp3) is 0.273. The maximum Gasteiger partial charge on any atom is 0.255 e. The molecule has 0 bridgehead atoms. The van der Waals surface area contributed by atoms with Crippen LogP contribution >= 0.6 is 0 Å². The molecule has 0 fully saturated rings. The summed E-state index contributed by atoms with van der Waals surface area (Å²) in [5, 5.41) is 19.9. The number of aromatic nitrogens is 4. The topological polar surface area (TPSA) is 114 Å². The van der Waals surface area contributed by atoms with Crippen molar-refractivity contribution in [1.82, 2.24) is 19.7 Å². The number of carbonyl (C=O) groups excluding carboxylic acids is 1. The molecule has 0 aliphatic carbocycles. The van der Waals surface area contributed by atoms with E-state index >= 15 is 0 Å². The number of nitrogens with one attached hydrogen (secondary N) is 2. The molecule has 2 aromatic heterocycles. The highest BCUT2D eigenvalue weighted by Gasteiger charge is 2.34. The van der Waals surface area contributed by atoms with Crippen LogP contribution in [-0.4, -0.2) is 44.5 Å². The number of amides is 1. The molecule has 3 aromatic rings. The molecule has 160 valence electrons. The standard InChI is InChI=1S/C22H24N6O3/c1-14-19(21(30)25-16-5-3-11-23-13-16)20(15-7-9-17(31-2)10-8-15)28-22(24-14)26-18(27-28)6-4-12-29/h3,5,7-11,13,20,29H,4,6,12H2,1-2H3,(H,25,30)(H,24,26,27). The van der Waals surface area contributed by atoms with Crippen molar-refractivity contribution in [2.45, 2.75) is 25.8 Å². The summed E-state index contributed by atoms with van der Waals surface area (Å²) in [5.74, 6) is 1.64. The number of aliphatic hydroxyl groups excluding tert-OH is 1. The number of aliphatic hydroxyl groups is 1. The van der Waals surface area contributed by atoms with Gasteiger partial charge in [-0.25, -0.2) is 4.68 Å². The summed E-state index contributed by atoms with van der Waals surface area (Å²) in [6.45, 7) is 1.91. The molecule has 1 aliphatic heterocycles. The van der Waals surface area contributed by atoms with Crippen molar-refractivity contribution in [2.24, 2.45) is 0 Å². The molecule has 1 aromatic carbocycles. The lowest BCUT2D eigenvalue weighted by Gasteiger charge is -2.28. The number of rotatable bonds is 7. The molecule has 1 amide bonds. The summed E-state index contributed by atoms with van der Waals surface area (Å²) in [6.07, 6.45) is 4.36. The molecular formula is C22H24N6O3. The third kappa shape index (κ3) is 4.26. The third-order valence-corrected chi connectivity index (χ3v) is 5.05. The molecule has 1 aliphatic rings. The molecule has 3 heterocycles. The normalized spacial score (nSPS) is 15.3. The number of anilines is 2. The van der Waals surface area contributed by atoms with E-state index in [0.29, 0.717) is 41.6 Å². The Kier molecular flexibility index (Phi) is 5.94. The minimum absolute atomic E-state index is 0.0647. The molecule has 0 saturated heterocycles. The van der Waals surface area contributed by atoms with Crippen LogP contribution in [0.1, 0.15) is 30.8 Å². The molecule has 1 unspecified atom stereocenters. The van der Waals surface area contributed by atoms with E-state index in [1.54, 1.807) is 36.3 Å². The summed E-state index contributed by atoms with van der Waals surface area (Å²) >= 11 is 0. The lowest BCUT2D eigenvalue weighted by Crippen LogP contribution is -2.31. The van der Waals surface area contributed by atoms with E-state index in [1.165, 1.54) is 0 Å². The first-order chi connectivity index (χ1) is 15.1. The number of hydrogen-bond donors (Lipinski definition) is 3. The Bertz CT molecular complexity index is 1090. The number of ether oxygens (including phenoxy) is 1. The van der Waals surface area contributed by atoms with Gasteiger partial charge in [0.25, 0.3) is 5.91 Å². The number of methoxy groups -OCH3 is 1. The molecule has 1 atom stereocenters. The third-order valence-electron chi connectivity index (χ3n) is 5.05. The van der Waals surface area contributed by atoms with Crippen LogP contribution in [0.5, 0.6) is 5.75 Å². The van der Waals surface area contributed by atoms with Crippen molar-refractivity contribution in [1.29, 1.82) is 0 Å². The van der Waals surface area contributed by atoms with Gasteiger partial charge in [0.05, 0.1) is 24.6 Å². The van der Waals surface area contributed by atoms with Crippen molar-refractivity contribution in [3.05, 3.63) is 71.4 Å². The fourth-order valence-electron chi connectivity index (χ4n) is 3.56. The van der Waals surface area contributed by atoms with Crippen molar-refractivity contribution in [3.63, 3.8) is 0 Å². The smallest absolute Gasteiger partial charge is 0.255 e. The number of benzene rings is 1. The summed E-state index contributed by atoms with van der Waals surface area (Å²) in [5.41, 5.74) is 2.70. The molecule has 9 nitrogen and oxygen atoms in total. The summed E-state index contributed by atoms with van der Waals surface area (Å²) < 4.78 is 7.00. The number of carbonyl (C=O) groups is 1. The van der Waals surface area contributed by atoms with Gasteiger partial charge in [0.15, 0.2) is 5.82 Å². The lowest BCUT2D eigenvalue weighted by atomic mass is 9.95. The molecular weight excluding hydrogens is 396 g/mol. The van der Waals surface area contributed by atoms with Gasteiger partial charge >= 0.3 is 0 Å². The first-order valence-electron chi connectivity index (χ1n) is 10.00. The van der Waals surface area contributed by atoms with Crippen LogP contribution in [0, 0.1) is 0 Å². The molecule has 0 radical (unpaired) electrons. The Labute approximate surface area is 179 Å². The minimum Gasteiger partial charge on any atom is -0.497 e. The van der Waals surface area contributed by atoms with Crippen LogP contribution in [0.15, 0.2) is 60.1 Å². The number of pyridine rings is 1. The quantitative estimate of drug-likeness (QED) is 0.538. The number of aryl methyl sites for hydroxylation is 1. The van der Waals surface area contributed by atoms with Gasteiger partial charge in [-0.1, -0.05) is 12.1 Å². The Balaban J connectivity index is 1.75. The summed E-state index contributed by atoms with van der Waals surface area (Å²) in [6, 6.07) is 10.6. The van der Waals surface area contributed by atoms with Gasteiger partial charge in [0.1, 0.15) is 11.8 Å². The van der Waals surface area contributed by atoms with Crippen molar-refractivity contribution in [2.75, 3.05) is 24.4 Å². The first kappa shape index (κ1) is 20.5. The van der Waals surface area contributed by atoms with E-state index in [4.69, 9.17) is 9.84 Å². The minimum atomic E-state index is -0.478. The second-order valence-electron chi connectivity index (χ2n) is 7.16. The van der Waals surface area contributed by atoms with Crippen LogP contribution in [0.2, 0.25) is 0 Å². The Hall–Kier alpha value is -3.72. The number of hydrogen-bond acceptors (Lipinski definition) is 7. The number of allylic oxidation sites excluding steroid dienone is 1. The average molecular weight is 420 g/mol. The maximum atomic E-state index is 13.3. The number of fused-ring (bicyclic) bond motifs is 1. The van der Waals surface area contributed by atoms with E-state index in [2.05, 4.69) is 25.7 Å². The van der Waals surface area contributed by atoms with Crippen molar-refractivity contribution < 1.29 is 14.6 Å². The van der Waals surface area contributed by atoms with Gasteiger partial charge in [-0.2, -0.15) is 10.1 Å². The Morgan fingerprint density at radius 1 is 1.29 bits per heavy atom. The van der Waals surface area contributed by atoms with Gasteiger partial charge in [0, 0.05) is 24.9 Å². The Morgan fingerprint density at radius 2 is 2.10 bits per heavy atom. The highest BCUT2D eigenvalue weighted by atomic mass is 16.5. The average Bonchev–Trinajstić information content (AvgIpc) is 3.19. The van der Waals surface area contributed by atoms with Crippen molar-refractivity contribution >= 4 is 17.5 Å². The van der Waals surface area contributed by atoms with Gasteiger partial charge in [-0.3, -0.25) is 9.78 Å². The highest BCUT2D eigenvalue weighted by molar-refractivity contribution is 6.05. The maximum absolute atomic E-state index is 13.3. The second kappa shape index (κ2) is 8.97. The predicted molar refractivity (Wildman–Crippen MR) is 116 cm³/mol. The summed E-state index contributed by atoms with van der Waals surface area (Å²) in [7, 11) is 1.61. The van der Waals surface area contributed by atoms with E-state index in [-0.39, 0.29) is 12.5 Å². The predicted octanol–water partition coefficient (Wildman–Crippen LogP) is 2.53. The zero-order valence-corrected chi connectivity index (χ0v) is 17.4. The van der Waals surface area contributed by atoms with Crippen LogP contribution < -0.4 is 15.4 Å². The molecule has 0 spiro atoms. The van der Waals surface area contributed by atoms with Crippen LogP contribution in [0.25, 0.3) is 0 Å². The van der Waals surface area contributed by atoms with Crippen LogP contribution in [0.4, 0.5) is 11.6 Å². The van der Waals surface area contributed by atoms with Gasteiger partial charge in [-0.15, -0.1) is 0 Å². The van der Waals surface area contributed by atoms with E-state index in [9.17, 15) is 4.79 Å². The lowest BCUT2D eigenvalue weighted by molar-refractivity contribution is -0.113. The monoisotopic (exact) mass is 420 g/mol. The van der Waals surface area contributed by atoms with Crippen molar-refractivity contribution in [3.8, 4) is 5.75 Å². The molecule has 0 saturated carbocycles. The van der Waals surface area contributed by atoms with Crippen LogP contribution in [-0.2, 0) is 11.2 Å². The zero-order valence-electron chi connectivity index (χ0n) is 17.4. The van der Waals surface area contributed by atoms with Gasteiger partial charge in [0.2, 0.25) is 5.95 Å². The highest BCUT2D eigenvalue weighted by Crippen LogP contribution is 2.36. The van der Waals surface area contributed by atoms with Crippen LogP contribution in [0.3, 0.4) is 0 Å². The first-order valence-corrected chi connectivity index (χ1v) is 10.00. The van der Waals surface area contributed by atoms with Gasteiger partial charge < -0.3 is 20.5 Å². The Morgan fingerprint density at radius 3 is 2.77 bits per heavy atom. The largest absolute Gasteiger partial charge is 0.497 e. The zero-order chi connectivity index (χ0) is 21.8. The SMILES string of the molecule is COc1ccc(C2C(C(=O)Nc3cccnc3)=C(C)Nc3nc(CCCO)nn32)cc1. The molecule has 3 N–H and O–H groups in total. The molecule has 31 heavy (non-hydrogen) atoms. The van der Waals surface area contributed by atoms with E-state index in [1.807, 2.05) is 31.2 Å². The fourth-order valence-corrected chi connectivity index (χ4v) is 3.56. The molecule has 9 heteroatoms. The van der Waals surface area contributed by atoms with E-state index in [0.717, 1.165) is 11.3 Å². The second-order valence-corrected chi connectivity index (χ2v) is 7.16. The van der Waals surface area contributed by atoms with E-state index < -0.39 is 6.04 Å².